The zero-order valence-electron chi connectivity index (χ0n) is 25.1. The second kappa shape index (κ2) is 14.5. The van der Waals surface area contributed by atoms with Crippen molar-refractivity contribution in [2.75, 3.05) is 6.54 Å². The number of nitrogens with one attached hydrogen (secondary N) is 4. The molecule has 1 saturated heterocycles. The van der Waals surface area contributed by atoms with E-state index in [-0.39, 0.29) is 25.3 Å². The lowest BCUT2D eigenvalue weighted by Gasteiger charge is -2.27. The lowest BCUT2D eigenvalue weighted by Crippen LogP contribution is -2.55. The van der Waals surface area contributed by atoms with Gasteiger partial charge in [0.1, 0.15) is 11.7 Å². The lowest BCUT2D eigenvalue weighted by molar-refractivity contribution is -0.141. The van der Waals surface area contributed by atoms with Crippen molar-refractivity contribution in [3.05, 3.63) is 108 Å². The number of benzene rings is 3. The highest BCUT2D eigenvalue weighted by molar-refractivity contribution is 6.38. The Morgan fingerprint density at radius 2 is 1.53 bits per heavy atom. The third-order valence-corrected chi connectivity index (χ3v) is 8.16. The molecule has 10 heteroatoms. The zero-order valence-corrected chi connectivity index (χ0v) is 25.1. The van der Waals surface area contributed by atoms with E-state index in [1.165, 1.54) is 0 Å². The largest absolute Gasteiger partial charge is 0.356 e. The van der Waals surface area contributed by atoms with Crippen LogP contribution in [0, 0.1) is 5.92 Å². The molecule has 0 aliphatic carbocycles. The van der Waals surface area contributed by atoms with E-state index in [9.17, 15) is 24.0 Å². The number of aryl methyl sites for hydroxylation is 1. The minimum Gasteiger partial charge on any atom is -0.356 e. The highest BCUT2D eigenvalue weighted by atomic mass is 16.2. The number of piperidine rings is 1. The summed E-state index contributed by atoms with van der Waals surface area (Å²) in [5.41, 5.74) is 2.84. The van der Waals surface area contributed by atoms with E-state index < -0.39 is 41.5 Å². The van der Waals surface area contributed by atoms with Gasteiger partial charge in [-0.25, -0.2) is 0 Å². The van der Waals surface area contributed by atoms with E-state index in [0.29, 0.717) is 18.7 Å². The fourth-order valence-electron chi connectivity index (χ4n) is 5.67. The van der Waals surface area contributed by atoms with Gasteiger partial charge in [-0.15, -0.1) is 0 Å². The van der Waals surface area contributed by atoms with Gasteiger partial charge in [-0.2, -0.15) is 0 Å². The predicted molar refractivity (Wildman–Crippen MR) is 170 cm³/mol. The van der Waals surface area contributed by atoms with Crippen LogP contribution >= 0.6 is 0 Å². The summed E-state index contributed by atoms with van der Waals surface area (Å²) in [7, 11) is 1.78. The molecule has 0 saturated carbocycles. The van der Waals surface area contributed by atoms with Gasteiger partial charge in [-0.1, -0.05) is 78.9 Å². The fourth-order valence-corrected chi connectivity index (χ4v) is 5.67. The summed E-state index contributed by atoms with van der Waals surface area (Å²) in [5.74, 6) is -3.57. The lowest BCUT2D eigenvalue weighted by atomic mass is 9.89. The molecule has 1 aromatic heterocycles. The number of amides is 4. The first-order valence-corrected chi connectivity index (χ1v) is 15.1. The molecule has 0 unspecified atom stereocenters. The summed E-state index contributed by atoms with van der Waals surface area (Å²) in [4.78, 5) is 66.6. The van der Waals surface area contributed by atoms with Gasteiger partial charge in [0, 0.05) is 43.4 Å². The average molecular weight is 608 g/mol. The van der Waals surface area contributed by atoms with Crippen molar-refractivity contribution in [2.45, 2.75) is 44.3 Å². The Labute approximate surface area is 261 Å². The molecule has 0 spiro atoms. The molecule has 0 bridgehead atoms. The molecular weight excluding hydrogens is 570 g/mol. The van der Waals surface area contributed by atoms with Crippen LogP contribution in [-0.2, 0) is 39.2 Å². The summed E-state index contributed by atoms with van der Waals surface area (Å²) in [6.07, 6.45) is 1.36. The Morgan fingerprint density at radius 1 is 0.867 bits per heavy atom. The van der Waals surface area contributed by atoms with Crippen molar-refractivity contribution in [1.29, 1.82) is 0 Å². The van der Waals surface area contributed by atoms with Crippen LogP contribution in [-0.4, -0.2) is 52.6 Å². The van der Waals surface area contributed by atoms with Gasteiger partial charge < -0.3 is 25.8 Å². The maximum Gasteiger partial charge on any atom is 0.289 e. The number of hydrogen-bond donors (Lipinski definition) is 4. The molecule has 4 amide bonds. The Kier molecular flexibility index (Phi) is 10.0. The van der Waals surface area contributed by atoms with E-state index in [1.807, 2.05) is 84.9 Å². The van der Waals surface area contributed by atoms with E-state index >= 15 is 0 Å². The topological polar surface area (TPSA) is 138 Å². The van der Waals surface area contributed by atoms with Gasteiger partial charge >= 0.3 is 0 Å². The third-order valence-electron chi connectivity index (χ3n) is 8.16. The Morgan fingerprint density at radius 3 is 2.22 bits per heavy atom. The molecule has 4 N–H and O–H groups in total. The molecule has 3 aromatic carbocycles. The zero-order chi connectivity index (χ0) is 31.8. The molecule has 3 atom stereocenters. The first-order valence-electron chi connectivity index (χ1n) is 15.1. The summed E-state index contributed by atoms with van der Waals surface area (Å²) in [5, 5.41) is 11.9. The van der Waals surface area contributed by atoms with Gasteiger partial charge in [0.05, 0.1) is 6.04 Å². The highest BCUT2D eigenvalue weighted by Crippen LogP contribution is 2.20. The van der Waals surface area contributed by atoms with Gasteiger partial charge in [-0.3, -0.25) is 24.0 Å². The predicted octanol–water partition coefficient (Wildman–Crippen LogP) is 2.81. The number of Topliss-reactive ketones (excluding diaryl/α,β-unsaturated/α-hetero) is 1. The van der Waals surface area contributed by atoms with E-state index in [0.717, 1.165) is 28.5 Å². The summed E-state index contributed by atoms with van der Waals surface area (Å²) in [6.45, 7) is 0.672. The van der Waals surface area contributed by atoms with Gasteiger partial charge in [0.2, 0.25) is 17.6 Å². The number of nitrogens with zero attached hydrogens (tertiary/aromatic N) is 1. The molecule has 0 radical (unpaired) electrons. The molecular formula is C35H37N5O5. The Hall–Kier alpha value is -5.25. The second-order valence-electron chi connectivity index (χ2n) is 11.3. The summed E-state index contributed by atoms with van der Waals surface area (Å²) in [6, 6.07) is 25.3. The molecule has 1 fully saturated rings. The van der Waals surface area contributed by atoms with Gasteiger partial charge in [0.15, 0.2) is 0 Å². The van der Waals surface area contributed by atoms with Gasteiger partial charge in [-0.05, 0) is 42.5 Å². The van der Waals surface area contributed by atoms with Crippen LogP contribution < -0.4 is 21.3 Å². The summed E-state index contributed by atoms with van der Waals surface area (Å²) >= 11 is 0. The minimum absolute atomic E-state index is 0.0373. The maximum atomic E-state index is 13.9. The van der Waals surface area contributed by atoms with Crippen LogP contribution in [0.3, 0.4) is 0 Å². The Bertz CT molecular complexity index is 1680. The smallest absolute Gasteiger partial charge is 0.289 e. The van der Waals surface area contributed by atoms with Crippen LogP contribution in [0.25, 0.3) is 10.9 Å². The third kappa shape index (κ3) is 7.83. The normalized spacial score (nSPS) is 15.8. The molecule has 232 valence electrons. The van der Waals surface area contributed by atoms with Crippen LogP contribution in [0.1, 0.15) is 40.9 Å². The summed E-state index contributed by atoms with van der Waals surface area (Å²) < 4.78 is 1.76. The monoisotopic (exact) mass is 607 g/mol. The van der Waals surface area contributed by atoms with Crippen molar-refractivity contribution in [1.82, 2.24) is 25.8 Å². The molecule has 4 aromatic rings. The number of ketones is 1. The minimum atomic E-state index is -1.27. The van der Waals surface area contributed by atoms with Crippen LogP contribution in [0.2, 0.25) is 0 Å². The van der Waals surface area contributed by atoms with Crippen LogP contribution in [0.4, 0.5) is 0 Å². The van der Waals surface area contributed by atoms with Crippen molar-refractivity contribution in [3.8, 4) is 0 Å². The van der Waals surface area contributed by atoms with Crippen LogP contribution in [0.5, 0.6) is 0 Å². The van der Waals surface area contributed by atoms with E-state index in [4.69, 9.17) is 0 Å². The average Bonchev–Trinajstić information content (AvgIpc) is 3.40. The van der Waals surface area contributed by atoms with E-state index in [2.05, 4.69) is 21.3 Å². The number of rotatable bonds is 12. The number of hydrogen-bond acceptors (Lipinski definition) is 5. The Balaban J connectivity index is 1.37. The molecule has 10 nitrogen and oxygen atoms in total. The SMILES string of the molecule is Cn1c(C(=O)N[C@@H](Cc2ccccc2)C(=O)N[C@@H](C[C@@H]2CCCNC2=O)C(=O)C(=O)NCc2ccccc2)cc2ccccc21. The van der Waals surface area contributed by atoms with Crippen molar-refractivity contribution in [2.24, 2.45) is 13.0 Å². The number of carbonyl (C=O) groups is 5. The standard InChI is InChI=1S/C35H37N5O5/c1-40-29-17-9-8-15-25(29)21-30(40)34(44)39-28(19-23-11-4-2-5-12-23)33(43)38-27(20-26-16-10-18-36-32(26)42)31(41)35(45)37-22-24-13-6-3-7-14-24/h2-9,11-15,17,21,26-28H,10,16,18-20,22H2,1H3,(H,36,42)(H,37,45)(H,38,43)(H,39,44)/t26-,27-,28-/m0/s1. The molecule has 45 heavy (non-hydrogen) atoms. The maximum absolute atomic E-state index is 13.9. The number of para-hydroxylation sites is 1. The fraction of sp³-hybridized carbons (Fsp3) is 0.286. The van der Waals surface area contributed by atoms with Gasteiger partial charge in [0.25, 0.3) is 11.8 Å². The van der Waals surface area contributed by atoms with Crippen molar-refractivity contribution in [3.63, 3.8) is 0 Å². The first kappa shape index (κ1) is 31.2. The molecule has 1 aliphatic rings. The molecule has 1 aliphatic heterocycles. The molecule has 2 heterocycles. The highest BCUT2D eigenvalue weighted by Gasteiger charge is 2.35. The quantitative estimate of drug-likeness (QED) is 0.184. The number of aromatic nitrogens is 1. The first-order chi connectivity index (χ1) is 21.8. The molecule has 5 rings (SSSR count). The number of carbonyl (C=O) groups excluding carboxylic acids is 5. The second-order valence-corrected chi connectivity index (χ2v) is 11.3. The van der Waals surface area contributed by atoms with Crippen LogP contribution in [0.15, 0.2) is 91.0 Å². The number of fused-ring (bicyclic) bond motifs is 1. The van der Waals surface area contributed by atoms with E-state index in [1.54, 1.807) is 17.7 Å². The van der Waals surface area contributed by atoms with Crippen molar-refractivity contribution < 1.29 is 24.0 Å². The van der Waals surface area contributed by atoms with Crippen molar-refractivity contribution >= 4 is 40.3 Å².